The van der Waals surface area contributed by atoms with E-state index in [0.29, 0.717) is 12.8 Å². The predicted molar refractivity (Wildman–Crippen MR) is 89.7 cm³/mol. The number of piperidine rings is 1. The summed E-state index contributed by atoms with van der Waals surface area (Å²) < 4.78 is 39.5. The molecule has 1 fully saturated rings. The fourth-order valence-corrected chi connectivity index (χ4v) is 4.42. The van der Waals surface area contributed by atoms with Crippen molar-refractivity contribution in [3.63, 3.8) is 0 Å². The van der Waals surface area contributed by atoms with Crippen LogP contribution in [0.4, 0.5) is 4.39 Å². The molecular weight excluding hydrogens is 363 g/mol. The summed E-state index contributed by atoms with van der Waals surface area (Å²) in [6.45, 7) is 3.49. The zero-order valence-corrected chi connectivity index (χ0v) is 15.5. The molecule has 1 aliphatic rings. The van der Waals surface area contributed by atoms with Gasteiger partial charge in [-0.25, -0.2) is 12.8 Å². The lowest BCUT2D eigenvalue weighted by Crippen LogP contribution is -2.54. The molecule has 0 spiro atoms. The second-order valence-electron chi connectivity index (χ2n) is 6.71. The van der Waals surface area contributed by atoms with Crippen LogP contribution < -0.4 is 10.4 Å². The van der Waals surface area contributed by atoms with E-state index in [-0.39, 0.29) is 23.9 Å². The second kappa shape index (κ2) is 8.13. The zero-order valence-electron chi connectivity index (χ0n) is 14.6. The van der Waals surface area contributed by atoms with Crippen LogP contribution >= 0.6 is 0 Å². The Morgan fingerprint density at radius 2 is 1.88 bits per heavy atom. The molecule has 2 atom stereocenters. The van der Waals surface area contributed by atoms with Gasteiger partial charge < -0.3 is 15.2 Å². The van der Waals surface area contributed by atoms with Crippen molar-refractivity contribution >= 4 is 21.9 Å². The van der Waals surface area contributed by atoms with Gasteiger partial charge in [0, 0.05) is 13.1 Å². The van der Waals surface area contributed by atoms with Crippen LogP contribution in [-0.4, -0.2) is 43.7 Å². The highest BCUT2D eigenvalue weighted by atomic mass is 32.2. The first kappa shape index (κ1) is 20.3. The number of halogens is 1. The maximum Gasteiger partial charge on any atom is 0.243 e. The molecule has 0 radical (unpaired) electrons. The van der Waals surface area contributed by atoms with Crippen LogP contribution in [0.5, 0.6) is 0 Å². The average molecular weight is 385 g/mol. The Kier molecular flexibility index (Phi) is 6.35. The van der Waals surface area contributed by atoms with Crippen molar-refractivity contribution in [1.29, 1.82) is 0 Å². The summed E-state index contributed by atoms with van der Waals surface area (Å²) >= 11 is 0. The molecule has 0 aromatic heterocycles. The highest BCUT2D eigenvalue weighted by Crippen LogP contribution is 2.24. The van der Waals surface area contributed by atoms with E-state index in [9.17, 15) is 27.5 Å². The van der Waals surface area contributed by atoms with Gasteiger partial charge in [0.2, 0.25) is 15.9 Å². The van der Waals surface area contributed by atoms with E-state index in [0.717, 1.165) is 12.1 Å². The maximum atomic E-state index is 13.0. The summed E-state index contributed by atoms with van der Waals surface area (Å²) in [6, 6.07) is 3.35. The molecule has 144 valence electrons. The smallest absolute Gasteiger partial charge is 0.243 e. The van der Waals surface area contributed by atoms with Crippen molar-refractivity contribution < 1.29 is 27.5 Å². The minimum atomic E-state index is -3.85. The third-order valence-corrected chi connectivity index (χ3v) is 6.30. The highest BCUT2D eigenvalue weighted by molar-refractivity contribution is 7.89. The molecular formula is C17H22FN2O5S-. The van der Waals surface area contributed by atoms with Crippen LogP contribution in [-0.2, 0) is 19.6 Å². The molecule has 1 aromatic carbocycles. The van der Waals surface area contributed by atoms with E-state index < -0.39 is 39.7 Å². The molecule has 1 amide bonds. The molecule has 0 bridgehead atoms. The van der Waals surface area contributed by atoms with Crippen LogP contribution in [0.1, 0.15) is 26.7 Å². The number of hydrogen-bond donors (Lipinski definition) is 1. The van der Waals surface area contributed by atoms with E-state index in [1.165, 1.54) is 16.4 Å². The van der Waals surface area contributed by atoms with E-state index in [2.05, 4.69) is 5.32 Å². The molecule has 1 N–H and O–H groups in total. The molecule has 0 saturated carbocycles. The number of sulfonamides is 1. The minimum absolute atomic E-state index is 0.0465. The summed E-state index contributed by atoms with van der Waals surface area (Å²) in [4.78, 5) is 23.5. The number of nitrogens with one attached hydrogen (secondary N) is 1. The fourth-order valence-electron chi connectivity index (χ4n) is 2.90. The molecule has 1 aliphatic heterocycles. The molecule has 0 aliphatic carbocycles. The molecule has 0 unspecified atom stereocenters. The van der Waals surface area contributed by atoms with Crippen molar-refractivity contribution in [2.45, 2.75) is 37.6 Å². The number of rotatable bonds is 6. The number of carbonyl (C=O) groups excluding carboxylic acids is 2. The summed E-state index contributed by atoms with van der Waals surface area (Å²) in [5.74, 6) is -3.43. The van der Waals surface area contributed by atoms with Gasteiger partial charge in [0.1, 0.15) is 5.82 Å². The highest BCUT2D eigenvalue weighted by Gasteiger charge is 2.34. The molecule has 7 nitrogen and oxygen atoms in total. The minimum Gasteiger partial charge on any atom is -0.548 e. The lowest BCUT2D eigenvalue weighted by Gasteiger charge is -2.33. The molecule has 1 saturated heterocycles. The number of aliphatic carboxylic acids is 1. The topological polar surface area (TPSA) is 107 Å². The summed E-state index contributed by atoms with van der Waals surface area (Å²) in [6.07, 6.45) is 0.926. The fraction of sp³-hybridized carbons (Fsp3) is 0.529. The standard InChI is InChI=1S/C17H23FN2O5S/c1-11(2)15(17(22)23)19-16(21)12-4-3-9-20(10-12)26(24,25)14-7-5-13(18)6-8-14/h5-8,11-12,15H,3-4,9-10H2,1-2H3,(H,19,21)(H,22,23)/p-1/t12-,15-/m0/s1. The lowest BCUT2D eigenvalue weighted by atomic mass is 9.97. The lowest BCUT2D eigenvalue weighted by molar-refractivity contribution is -0.309. The van der Waals surface area contributed by atoms with Gasteiger partial charge in [-0.3, -0.25) is 4.79 Å². The number of benzene rings is 1. The third-order valence-electron chi connectivity index (χ3n) is 4.42. The number of carboxylic acids is 1. The van der Waals surface area contributed by atoms with Crippen molar-refractivity contribution in [2.75, 3.05) is 13.1 Å². The van der Waals surface area contributed by atoms with Crippen LogP contribution in [0, 0.1) is 17.7 Å². The quantitative estimate of drug-likeness (QED) is 0.748. The van der Waals surface area contributed by atoms with Crippen LogP contribution in [0.2, 0.25) is 0 Å². The number of amides is 1. The normalized spacial score (nSPS) is 19.9. The van der Waals surface area contributed by atoms with Crippen molar-refractivity contribution in [2.24, 2.45) is 11.8 Å². The van der Waals surface area contributed by atoms with Gasteiger partial charge in [0.05, 0.1) is 22.8 Å². The first-order chi connectivity index (χ1) is 12.1. The van der Waals surface area contributed by atoms with E-state index in [4.69, 9.17) is 0 Å². The molecule has 26 heavy (non-hydrogen) atoms. The Labute approximate surface area is 152 Å². The van der Waals surface area contributed by atoms with E-state index in [1.54, 1.807) is 13.8 Å². The van der Waals surface area contributed by atoms with Crippen molar-refractivity contribution in [1.82, 2.24) is 9.62 Å². The average Bonchev–Trinajstić information content (AvgIpc) is 2.59. The van der Waals surface area contributed by atoms with Gasteiger partial charge in [-0.05, 0) is 43.0 Å². The number of carboxylic acid groups (broad SMARTS) is 1. The SMILES string of the molecule is CC(C)[C@H](NC(=O)[C@H]1CCCN(S(=O)(=O)c2ccc(F)cc2)C1)C(=O)[O-]. The third kappa shape index (κ3) is 4.59. The Morgan fingerprint density at radius 1 is 1.27 bits per heavy atom. The van der Waals surface area contributed by atoms with Gasteiger partial charge in [-0.2, -0.15) is 4.31 Å². The maximum absolute atomic E-state index is 13.0. The Bertz CT molecular complexity index is 764. The molecule has 2 rings (SSSR count). The zero-order chi connectivity index (χ0) is 19.5. The summed E-state index contributed by atoms with van der Waals surface area (Å²) in [5, 5.41) is 13.6. The number of hydrogen-bond acceptors (Lipinski definition) is 5. The van der Waals surface area contributed by atoms with Gasteiger partial charge in [-0.1, -0.05) is 13.8 Å². The Morgan fingerprint density at radius 3 is 2.42 bits per heavy atom. The van der Waals surface area contributed by atoms with Crippen LogP contribution in [0.3, 0.4) is 0 Å². The predicted octanol–water partition coefficient (Wildman–Crippen LogP) is 0.117. The second-order valence-corrected chi connectivity index (χ2v) is 8.64. The van der Waals surface area contributed by atoms with Crippen molar-refractivity contribution in [3.05, 3.63) is 30.1 Å². The molecule has 9 heteroatoms. The number of carbonyl (C=O) groups is 2. The molecule has 1 heterocycles. The van der Waals surface area contributed by atoms with Gasteiger partial charge in [0.25, 0.3) is 0 Å². The van der Waals surface area contributed by atoms with Gasteiger partial charge >= 0.3 is 0 Å². The monoisotopic (exact) mass is 385 g/mol. The first-order valence-electron chi connectivity index (χ1n) is 8.40. The summed E-state index contributed by atoms with van der Waals surface area (Å²) in [7, 11) is -3.85. The first-order valence-corrected chi connectivity index (χ1v) is 9.84. The Hall–Kier alpha value is -2.00. The van der Waals surface area contributed by atoms with E-state index in [1.807, 2.05) is 0 Å². The van der Waals surface area contributed by atoms with Crippen LogP contribution in [0.25, 0.3) is 0 Å². The van der Waals surface area contributed by atoms with Gasteiger partial charge in [0.15, 0.2) is 0 Å². The molecule has 1 aromatic rings. The Balaban J connectivity index is 2.12. The van der Waals surface area contributed by atoms with Gasteiger partial charge in [-0.15, -0.1) is 0 Å². The summed E-state index contributed by atoms with van der Waals surface area (Å²) in [5.41, 5.74) is 0. The largest absolute Gasteiger partial charge is 0.548 e. The van der Waals surface area contributed by atoms with Crippen LogP contribution in [0.15, 0.2) is 29.2 Å². The van der Waals surface area contributed by atoms with E-state index >= 15 is 0 Å². The number of nitrogens with zero attached hydrogens (tertiary/aromatic N) is 1. The van der Waals surface area contributed by atoms with Crippen molar-refractivity contribution in [3.8, 4) is 0 Å².